The first-order chi connectivity index (χ1) is 11.0. The fourth-order valence-corrected chi connectivity index (χ4v) is 4.66. The Labute approximate surface area is 136 Å². The number of amides is 1. The third kappa shape index (κ3) is 3.39. The number of nitrogens with zero attached hydrogens (tertiary/aromatic N) is 3. The van der Waals surface area contributed by atoms with Crippen LogP contribution in [-0.2, 0) is 26.1 Å². The fourth-order valence-electron chi connectivity index (χ4n) is 3.14. The van der Waals surface area contributed by atoms with E-state index in [1.807, 2.05) is 19.1 Å². The van der Waals surface area contributed by atoms with Crippen molar-refractivity contribution in [1.82, 2.24) is 14.2 Å². The topological polar surface area (TPSA) is 79.8 Å². The lowest BCUT2D eigenvalue weighted by atomic mass is 10.1. The highest BCUT2D eigenvalue weighted by molar-refractivity contribution is 7.89. The first-order valence-corrected chi connectivity index (χ1v) is 9.40. The molecule has 0 bridgehead atoms. The molecule has 23 heavy (non-hydrogen) atoms. The third-order valence-electron chi connectivity index (χ3n) is 4.30. The molecule has 0 aliphatic carbocycles. The van der Waals surface area contributed by atoms with Crippen LogP contribution in [-0.4, -0.2) is 66.1 Å². The van der Waals surface area contributed by atoms with Crippen molar-refractivity contribution in [2.24, 2.45) is 0 Å². The molecule has 2 fully saturated rings. The summed E-state index contributed by atoms with van der Waals surface area (Å²) in [6.07, 6.45) is 3.70. The van der Waals surface area contributed by atoms with E-state index in [-0.39, 0.29) is 30.4 Å². The molecule has 0 saturated carbocycles. The van der Waals surface area contributed by atoms with Gasteiger partial charge >= 0.3 is 0 Å². The zero-order valence-electron chi connectivity index (χ0n) is 13.1. The van der Waals surface area contributed by atoms with E-state index in [1.165, 1.54) is 4.31 Å². The van der Waals surface area contributed by atoms with Crippen molar-refractivity contribution >= 4 is 15.9 Å². The number of carbonyl (C=O) groups is 1. The second-order valence-corrected chi connectivity index (χ2v) is 8.02. The average molecular weight is 339 g/mol. The first-order valence-electron chi connectivity index (χ1n) is 7.79. The van der Waals surface area contributed by atoms with Gasteiger partial charge in [0, 0.05) is 32.0 Å². The normalized spacial score (nSPS) is 25.6. The average Bonchev–Trinajstić information content (AvgIpc) is 2.97. The summed E-state index contributed by atoms with van der Waals surface area (Å²) in [5.74, 6) is 0.0304. The van der Waals surface area contributed by atoms with E-state index < -0.39 is 10.0 Å². The van der Waals surface area contributed by atoms with E-state index in [0.717, 1.165) is 5.56 Å². The minimum atomic E-state index is -3.28. The maximum atomic E-state index is 12.3. The Hall–Kier alpha value is -1.51. The molecule has 3 rings (SSSR count). The Kier molecular flexibility index (Phi) is 4.65. The van der Waals surface area contributed by atoms with E-state index in [0.29, 0.717) is 26.1 Å². The number of ether oxygens (including phenoxy) is 1. The zero-order chi connectivity index (χ0) is 16.4. The number of hydrogen-bond donors (Lipinski definition) is 0. The van der Waals surface area contributed by atoms with E-state index in [2.05, 4.69) is 4.98 Å². The van der Waals surface area contributed by atoms with Gasteiger partial charge in [-0.25, -0.2) is 8.42 Å². The van der Waals surface area contributed by atoms with Crippen LogP contribution in [0.2, 0.25) is 0 Å². The summed E-state index contributed by atoms with van der Waals surface area (Å²) in [7, 11) is -3.28. The monoisotopic (exact) mass is 339 g/mol. The molecular formula is C15H21N3O4S. The van der Waals surface area contributed by atoms with Gasteiger partial charge in [0.15, 0.2) is 0 Å². The number of fused-ring (bicyclic) bond motifs is 1. The quantitative estimate of drug-likeness (QED) is 0.767. The molecule has 0 N–H and O–H groups in total. The Balaban J connectivity index is 1.77. The Bertz CT molecular complexity index is 665. The Morgan fingerprint density at radius 2 is 2.04 bits per heavy atom. The minimum absolute atomic E-state index is 0.00785. The van der Waals surface area contributed by atoms with Crippen LogP contribution in [0.3, 0.4) is 0 Å². The molecule has 126 valence electrons. The van der Waals surface area contributed by atoms with Crippen LogP contribution in [0.1, 0.15) is 18.9 Å². The summed E-state index contributed by atoms with van der Waals surface area (Å²) in [4.78, 5) is 18.0. The largest absolute Gasteiger partial charge is 0.365 e. The molecule has 0 aromatic carbocycles. The fraction of sp³-hybridized carbons (Fsp3) is 0.600. The van der Waals surface area contributed by atoms with E-state index in [4.69, 9.17) is 4.74 Å². The van der Waals surface area contributed by atoms with Crippen LogP contribution in [0.4, 0.5) is 0 Å². The highest BCUT2D eigenvalue weighted by Crippen LogP contribution is 2.27. The van der Waals surface area contributed by atoms with Crippen LogP contribution >= 0.6 is 0 Å². The number of sulfonamides is 1. The lowest BCUT2D eigenvalue weighted by Gasteiger charge is -2.36. The van der Waals surface area contributed by atoms with Crippen molar-refractivity contribution in [2.45, 2.75) is 32.0 Å². The summed E-state index contributed by atoms with van der Waals surface area (Å²) in [5, 5.41) is 0. The van der Waals surface area contributed by atoms with Gasteiger partial charge in [-0.3, -0.25) is 9.78 Å². The summed E-state index contributed by atoms with van der Waals surface area (Å²) in [5.41, 5.74) is 0.976. The molecule has 2 atom stereocenters. The van der Waals surface area contributed by atoms with Crippen LogP contribution in [0.25, 0.3) is 0 Å². The van der Waals surface area contributed by atoms with Crippen molar-refractivity contribution in [3.05, 3.63) is 30.1 Å². The van der Waals surface area contributed by atoms with Gasteiger partial charge in [-0.15, -0.1) is 0 Å². The first kappa shape index (κ1) is 16.4. The smallest absolute Gasteiger partial charge is 0.249 e. The Morgan fingerprint density at radius 1 is 1.30 bits per heavy atom. The van der Waals surface area contributed by atoms with Crippen LogP contribution in [0, 0.1) is 0 Å². The molecule has 0 radical (unpaired) electrons. The standard InChI is InChI=1S/C15H21N3O4S/c1-2-7-23(20,21)17-9-13-14(10-17)22-11-15(19)18(13)8-12-3-5-16-6-4-12/h3-6,13-14H,2,7-11H2,1H3/t13-,14-/m1/s1. The SMILES string of the molecule is CCCS(=O)(=O)N1C[C@@H]2[C@@H](C1)OCC(=O)N2Cc1ccncc1. The number of aromatic nitrogens is 1. The predicted molar refractivity (Wildman–Crippen MR) is 84.0 cm³/mol. The van der Waals surface area contributed by atoms with E-state index in [9.17, 15) is 13.2 Å². The van der Waals surface area contributed by atoms with Gasteiger partial charge in [0.1, 0.15) is 6.61 Å². The number of hydrogen-bond acceptors (Lipinski definition) is 5. The second kappa shape index (κ2) is 6.54. The molecule has 7 nitrogen and oxygen atoms in total. The zero-order valence-corrected chi connectivity index (χ0v) is 13.9. The number of carbonyl (C=O) groups excluding carboxylic acids is 1. The predicted octanol–water partition coefficient (Wildman–Crippen LogP) is 0.233. The molecule has 8 heteroatoms. The number of morpholine rings is 1. The van der Waals surface area contributed by atoms with Crippen molar-refractivity contribution < 1.29 is 17.9 Å². The van der Waals surface area contributed by atoms with Crippen molar-refractivity contribution in [1.29, 1.82) is 0 Å². The van der Waals surface area contributed by atoms with Crippen LogP contribution < -0.4 is 0 Å². The Morgan fingerprint density at radius 3 is 2.74 bits per heavy atom. The molecule has 1 amide bonds. The summed E-state index contributed by atoms with van der Waals surface area (Å²) < 4.78 is 31.6. The molecule has 2 saturated heterocycles. The van der Waals surface area contributed by atoms with Gasteiger partial charge in [0.25, 0.3) is 0 Å². The lowest BCUT2D eigenvalue weighted by molar-refractivity contribution is -0.153. The van der Waals surface area contributed by atoms with E-state index >= 15 is 0 Å². The highest BCUT2D eigenvalue weighted by Gasteiger charge is 2.46. The van der Waals surface area contributed by atoms with Gasteiger partial charge in [-0.1, -0.05) is 6.92 Å². The van der Waals surface area contributed by atoms with Gasteiger partial charge in [-0.2, -0.15) is 4.31 Å². The molecule has 1 aromatic rings. The van der Waals surface area contributed by atoms with Gasteiger partial charge in [-0.05, 0) is 24.1 Å². The van der Waals surface area contributed by atoms with Gasteiger partial charge < -0.3 is 9.64 Å². The van der Waals surface area contributed by atoms with E-state index in [1.54, 1.807) is 17.3 Å². The van der Waals surface area contributed by atoms with Crippen molar-refractivity contribution in [2.75, 3.05) is 25.4 Å². The van der Waals surface area contributed by atoms with Crippen LogP contribution in [0.5, 0.6) is 0 Å². The maximum Gasteiger partial charge on any atom is 0.249 e. The summed E-state index contributed by atoms with van der Waals surface area (Å²) in [6, 6.07) is 3.49. The minimum Gasteiger partial charge on any atom is -0.365 e. The lowest BCUT2D eigenvalue weighted by Crippen LogP contribution is -2.53. The van der Waals surface area contributed by atoms with Gasteiger partial charge in [0.2, 0.25) is 15.9 Å². The van der Waals surface area contributed by atoms with Crippen LogP contribution in [0.15, 0.2) is 24.5 Å². The maximum absolute atomic E-state index is 12.3. The summed E-state index contributed by atoms with van der Waals surface area (Å²) in [6.45, 7) is 2.94. The molecule has 0 spiro atoms. The molecular weight excluding hydrogens is 318 g/mol. The van der Waals surface area contributed by atoms with Crippen molar-refractivity contribution in [3.63, 3.8) is 0 Å². The molecule has 0 unspecified atom stereocenters. The number of pyridine rings is 1. The van der Waals surface area contributed by atoms with Gasteiger partial charge in [0.05, 0.1) is 17.9 Å². The summed E-state index contributed by atoms with van der Waals surface area (Å²) >= 11 is 0. The molecule has 3 heterocycles. The third-order valence-corrected chi connectivity index (χ3v) is 6.31. The number of rotatable bonds is 5. The highest BCUT2D eigenvalue weighted by atomic mass is 32.2. The second-order valence-electron chi connectivity index (χ2n) is 5.93. The molecule has 1 aromatic heterocycles. The van der Waals surface area contributed by atoms with Crippen molar-refractivity contribution in [3.8, 4) is 0 Å². The molecule has 2 aliphatic heterocycles. The molecule has 2 aliphatic rings.